The van der Waals surface area contributed by atoms with Crippen molar-refractivity contribution >= 4 is 17.7 Å². The molecule has 202 valence electrons. The molecule has 1 N–H and O–H groups in total. The van der Waals surface area contributed by atoms with Crippen LogP contribution in [0.3, 0.4) is 0 Å². The molecule has 3 heterocycles. The fraction of sp³-hybridized carbons (Fsp3) is 0.444. The van der Waals surface area contributed by atoms with Crippen LogP contribution in [0.4, 0.5) is 13.2 Å². The van der Waals surface area contributed by atoms with Gasteiger partial charge in [-0.1, -0.05) is 30.3 Å². The van der Waals surface area contributed by atoms with E-state index in [1.807, 2.05) is 24.3 Å². The number of alkyl halides is 3. The van der Waals surface area contributed by atoms with E-state index in [0.29, 0.717) is 37.4 Å². The first kappa shape index (κ1) is 26.2. The quantitative estimate of drug-likeness (QED) is 0.418. The Morgan fingerprint density at radius 3 is 2.37 bits per heavy atom. The predicted molar refractivity (Wildman–Crippen MR) is 131 cm³/mol. The largest absolute Gasteiger partial charge is 0.489 e. The number of nitrogens with one attached hydrogen (secondary N) is 1. The summed E-state index contributed by atoms with van der Waals surface area (Å²) in [5.41, 5.74) is 3.17. The van der Waals surface area contributed by atoms with Gasteiger partial charge in [0, 0.05) is 50.3 Å². The van der Waals surface area contributed by atoms with E-state index >= 15 is 0 Å². The monoisotopic (exact) mass is 530 g/mol. The summed E-state index contributed by atoms with van der Waals surface area (Å²) in [7, 11) is 0. The molecule has 2 fully saturated rings. The Hall–Kier alpha value is -3.44. The van der Waals surface area contributed by atoms with Gasteiger partial charge in [0.05, 0.1) is 6.54 Å². The van der Waals surface area contributed by atoms with E-state index in [9.17, 15) is 27.6 Å². The van der Waals surface area contributed by atoms with Crippen LogP contribution >= 0.6 is 0 Å². The molecule has 3 amide bonds. The van der Waals surface area contributed by atoms with E-state index in [-0.39, 0.29) is 44.5 Å². The third-order valence-corrected chi connectivity index (χ3v) is 7.36. The van der Waals surface area contributed by atoms with Gasteiger partial charge < -0.3 is 9.64 Å². The fourth-order valence-corrected chi connectivity index (χ4v) is 5.17. The zero-order chi connectivity index (χ0) is 26.9. The van der Waals surface area contributed by atoms with Crippen molar-refractivity contribution in [3.8, 4) is 5.75 Å². The first-order chi connectivity index (χ1) is 18.2. The Bertz CT molecular complexity index is 1220. The SMILES string of the molecule is O=C1CCC(N2Cc3c(OCc4ccc(CN5CCN(C(F)(F)CF)CC5)cc4)cccc3C2=O)C(=O)N1. The lowest BCUT2D eigenvalue weighted by atomic mass is 10.0. The summed E-state index contributed by atoms with van der Waals surface area (Å²) < 4.78 is 45.7. The standard InChI is InChI=1S/C27H29F3N4O4/c28-17-27(29,30)33-12-10-32(11-13-33)14-18-4-6-19(7-5-18)16-38-23-3-1-2-20-21(23)15-34(26(20)37)22-8-9-24(35)31-25(22)36/h1-7,22H,8-17H2,(H,31,35,36). The number of piperidine rings is 1. The highest BCUT2D eigenvalue weighted by atomic mass is 19.3. The van der Waals surface area contributed by atoms with E-state index < -0.39 is 24.7 Å². The number of hydrogen-bond donors (Lipinski definition) is 1. The molecule has 0 aliphatic carbocycles. The summed E-state index contributed by atoms with van der Waals surface area (Å²) in [6, 6.07) is 8.96. The van der Waals surface area contributed by atoms with Gasteiger partial charge >= 0.3 is 6.05 Å². The molecule has 11 heteroatoms. The maximum Gasteiger partial charge on any atom is 0.333 e. The number of ether oxygens (including phenoxy) is 1. The van der Waals surface area contributed by atoms with Crippen LogP contribution in [0.1, 0.15) is 39.9 Å². The Morgan fingerprint density at radius 2 is 1.68 bits per heavy atom. The van der Waals surface area contributed by atoms with Gasteiger partial charge in [-0.15, -0.1) is 0 Å². The highest BCUT2D eigenvalue weighted by Crippen LogP contribution is 2.34. The van der Waals surface area contributed by atoms with E-state index in [2.05, 4.69) is 10.2 Å². The normalized spacial score (nSPS) is 21.0. The number of halogens is 3. The number of piperazine rings is 1. The predicted octanol–water partition coefficient (Wildman–Crippen LogP) is 2.71. The van der Waals surface area contributed by atoms with E-state index in [4.69, 9.17) is 4.74 Å². The Labute approximate surface area is 218 Å². The first-order valence-electron chi connectivity index (χ1n) is 12.6. The van der Waals surface area contributed by atoms with Crippen LogP contribution in [0, 0.1) is 0 Å². The average molecular weight is 531 g/mol. The molecule has 38 heavy (non-hydrogen) atoms. The minimum absolute atomic E-state index is 0.119. The molecule has 2 aromatic carbocycles. The van der Waals surface area contributed by atoms with E-state index in [0.717, 1.165) is 21.6 Å². The zero-order valence-electron chi connectivity index (χ0n) is 20.8. The maximum absolute atomic E-state index is 13.5. The number of carbonyl (C=O) groups excluding carboxylic acids is 3. The van der Waals surface area contributed by atoms with Crippen molar-refractivity contribution in [2.45, 2.75) is 44.6 Å². The minimum atomic E-state index is -3.40. The fourth-order valence-electron chi connectivity index (χ4n) is 5.17. The number of carbonyl (C=O) groups is 3. The number of benzene rings is 2. The second-order valence-corrected chi connectivity index (χ2v) is 9.85. The lowest BCUT2D eigenvalue weighted by Crippen LogP contribution is -2.54. The number of fused-ring (bicyclic) bond motifs is 1. The molecule has 5 rings (SSSR count). The summed E-state index contributed by atoms with van der Waals surface area (Å²) in [4.78, 5) is 41.2. The highest BCUT2D eigenvalue weighted by Gasteiger charge is 2.40. The smallest absolute Gasteiger partial charge is 0.333 e. The maximum atomic E-state index is 13.5. The molecule has 0 bridgehead atoms. The zero-order valence-corrected chi connectivity index (χ0v) is 20.8. The van der Waals surface area contributed by atoms with Crippen LogP contribution in [-0.2, 0) is 29.3 Å². The van der Waals surface area contributed by atoms with Gasteiger partial charge in [-0.2, -0.15) is 8.78 Å². The van der Waals surface area contributed by atoms with Crippen molar-refractivity contribution in [1.82, 2.24) is 20.0 Å². The highest BCUT2D eigenvalue weighted by molar-refractivity contribution is 6.05. The van der Waals surface area contributed by atoms with Crippen LogP contribution in [0.5, 0.6) is 5.75 Å². The third-order valence-electron chi connectivity index (χ3n) is 7.36. The summed E-state index contributed by atoms with van der Waals surface area (Å²) in [6.45, 7) is 0.571. The van der Waals surface area contributed by atoms with Crippen LogP contribution in [-0.4, -0.2) is 77.4 Å². The van der Waals surface area contributed by atoms with Gasteiger partial charge in [-0.3, -0.25) is 24.6 Å². The molecular weight excluding hydrogens is 501 g/mol. The minimum Gasteiger partial charge on any atom is -0.489 e. The van der Waals surface area contributed by atoms with Crippen LogP contribution in [0.15, 0.2) is 42.5 Å². The van der Waals surface area contributed by atoms with Gasteiger partial charge in [-0.05, 0) is 29.7 Å². The number of imide groups is 1. The van der Waals surface area contributed by atoms with Crippen molar-refractivity contribution in [1.29, 1.82) is 0 Å². The van der Waals surface area contributed by atoms with E-state index in [1.54, 1.807) is 18.2 Å². The van der Waals surface area contributed by atoms with Crippen molar-refractivity contribution in [2.75, 3.05) is 32.9 Å². The molecule has 0 saturated carbocycles. The van der Waals surface area contributed by atoms with Gasteiger partial charge in [0.2, 0.25) is 11.8 Å². The van der Waals surface area contributed by atoms with Crippen LogP contribution in [0.25, 0.3) is 0 Å². The Balaban J connectivity index is 1.16. The topological polar surface area (TPSA) is 82.2 Å². The molecule has 1 unspecified atom stereocenters. The average Bonchev–Trinajstić information content (AvgIpc) is 3.25. The number of nitrogens with zero attached hydrogens (tertiary/aromatic N) is 3. The summed E-state index contributed by atoms with van der Waals surface area (Å²) in [6.07, 6.45) is 0.494. The van der Waals surface area contributed by atoms with Gasteiger partial charge in [0.15, 0.2) is 6.67 Å². The van der Waals surface area contributed by atoms with E-state index in [1.165, 1.54) is 4.90 Å². The summed E-state index contributed by atoms with van der Waals surface area (Å²) in [5.74, 6) is -0.466. The second-order valence-electron chi connectivity index (χ2n) is 9.85. The van der Waals surface area contributed by atoms with Crippen LogP contribution in [0.2, 0.25) is 0 Å². The van der Waals surface area contributed by atoms with Gasteiger partial charge in [0.25, 0.3) is 5.91 Å². The Kier molecular flexibility index (Phi) is 7.40. The lowest BCUT2D eigenvalue weighted by Gasteiger charge is -2.37. The molecule has 1 atom stereocenters. The van der Waals surface area contributed by atoms with Gasteiger partial charge in [0.1, 0.15) is 18.4 Å². The molecule has 2 saturated heterocycles. The molecule has 2 aromatic rings. The first-order valence-corrected chi connectivity index (χ1v) is 12.6. The summed E-state index contributed by atoms with van der Waals surface area (Å²) in [5, 5.41) is 2.30. The van der Waals surface area contributed by atoms with Crippen molar-refractivity contribution in [3.05, 3.63) is 64.7 Å². The van der Waals surface area contributed by atoms with Crippen molar-refractivity contribution < 1.29 is 32.3 Å². The van der Waals surface area contributed by atoms with Crippen molar-refractivity contribution in [2.24, 2.45) is 0 Å². The number of amides is 3. The molecule has 0 spiro atoms. The molecule has 3 aliphatic heterocycles. The van der Waals surface area contributed by atoms with Gasteiger partial charge in [-0.25, -0.2) is 9.29 Å². The summed E-state index contributed by atoms with van der Waals surface area (Å²) >= 11 is 0. The lowest BCUT2D eigenvalue weighted by molar-refractivity contribution is -0.169. The number of rotatable bonds is 8. The molecule has 8 nitrogen and oxygen atoms in total. The Morgan fingerprint density at radius 1 is 0.974 bits per heavy atom. The van der Waals surface area contributed by atoms with Crippen LogP contribution < -0.4 is 10.1 Å². The number of hydrogen-bond acceptors (Lipinski definition) is 6. The van der Waals surface area contributed by atoms with Crippen molar-refractivity contribution in [3.63, 3.8) is 0 Å². The molecular formula is C27H29F3N4O4. The molecule has 0 radical (unpaired) electrons. The molecule has 3 aliphatic rings. The third kappa shape index (κ3) is 5.39. The second kappa shape index (κ2) is 10.7. The molecule has 0 aromatic heterocycles.